The van der Waals surface area contributed by atoms with Crippen molar-refractivity contribution in [1.82, 2.24) is 0 Å². The van der Waals surface area contributed by atoms with Gasteiger partial charge in [0.15, 0.2) is 0 Å². The van der Waals surface area contributed by atoms with Crippen molar-refractivity contribution >= 4 is 0 Å². The van der Waals surface area contributed by atoms with Crippen molar-refractivity contribution in [3.63, 3.8) is 0 Å². The normalized spacial score (nSPS) is 11.9. The van der Waals surface area contributed by atoms with E-state index in [-0.39, 0.29) is 6.04 Å². The standard InChI is InChI=1S/C6H12N2/c1-2-6(8)4-3-5-7/h6H,2,5,7-8H2,1H3. The molecular weight excluding hydrogens is 100 g/mol. The molecule has 4 N–H and O–H groups in total. The Morgan fingerprint density at radius 1 is 1.62 bits per heavy atom. The zero-order valence-corrected chi connectivity index (χ0v) is 5.15. The van der Waals surface area contributed by atoms with E-state index >= 15 is 0 Å². The molecule has 1 unspecified atom stereocenters. The van der Waals surface area contributed by atoms with E-state index in [0.29, 0.717) is 6.54 Å². The fourth-order valence-electron chi connectivity index (χ4n) is 0.292. The van der Waals surface area contributed by atoms with E-state index in [1.807, 2.05) is 6.92 Å². The second-order valence-electron chi connectivity index (χ2n) is 1.54. The molecule has 2 nitrogen and oxygen atoms in total. The van der Waals surface area contributed by atoms with E-state index < -0.39 is 0 Å². The Morgan fingerprint density at radius 2 is 2.25 bits per heavy atom. The summed E-state index contributed by atoms with van der Waals surface area (Å²) in [5, 5.41) is 0. The van der Waals surface area contributed by atoms with Crippen LogP contribution >= 0.6 is 0 Å². The molecule has 0 radical (unpaired) electrons. The third-order valence-corrected chi connectivity index (χ3v) is 0.829. The second-order valence-corrected chi connectivity index (χ2v) is 1.54. The number of rotatable bonds is 1. The van der Waals surface area contributed by atoms with Gasteiger partial charge in [-0.3, -0.25) is 0 Å². The third kappa shape index (κ3) is 3.66. The summed E-state index contributed by atoms with van der Waals surface area (Å²) in [6, 6.07) is 0.0125. The summed E-state index contributed by atoms with van der Waals surface area (Å²) in [6.07, 6.45) is 0.896. The highest BCUT2D eigenvalue weighted by Gasteiger charge is 1.86. The zero-order valence-electron chi connectivity index (χ0n) is 5.15. The summed E-state index contributed by atoms with van der Waals surface area (Å²) in [5.74, 6) is 5.49. The minimum absolute atomic E-state index is 0.0125. The maximum Gasteiger partial charge on any atom is 0.0662 e. The van der Waals surface area contributed by atoms with Crippen molar-refractivity contribution in [1.29, 1.82) is 0 Å². The van der Waals surface area contributed by atoms with Crippen LogP contribution < -0.4 is 11.5 Å². The highest BCUT2D eigenvalue weighted by atomic mass is 14.6. The summed E-state index contributed by atoms with van der Waals surface area (Å²) in [7, 11) is 0. The summed E-state index contributed by atoms with van der Waals surface area (Å²) < 4.78 is 0. The van der Waals surface area contributed by atoms with E-state index in [1.165, 1.54) is 0 Å². The van der Waals surface area contributed by atoms with Gasteiger partial charge in [-0.05, 0) is 6.42 Å². The first-order valence-electron chi connectivity index (χ1n) is 2.75. The van der Waals surface area contributed by atoms with Gasteiger partial charge in [0.1, 0.15) is 0 Å². The first-order valence-corrected chi connectivity index (χ1v) is 2.75. The SMILES string of the molecule is CCC(N)C#CCN. The molecule has 0 aliphatic heterocycles. The van der Waals surface area contributed by atoms with Crippen LogP contribution in [0.2, 0.25) is 0 Å². The molecule has 0 heterocycles. The molecule has 0 aromatic heterocycles. The Morgan fingerprint density at radius 3 is 2.62 bits per heavy atom. The molecule has 0 amide bonds. The molecule has 0 aromatic carbocycles. The molecule has 8 heavy (non-hydrogen) atoms. The molecule has 0 spiro atoms. The Labute approximate surface area is 50.2 Å². The molecular formula is C6H12N2. The van der Waals surface area contributed by atoms with Gasteiger partial charge in [0.2, 0.25) is 0 Å². The van der Waals surface area contributed by atoms with Gasteiger partial charge >= 0.3 is 0 Å². The van der Waals surface area contributed by atoms with Crippen LogP contribution in [0.25, 0.3) is 0 Å². The van der Waals surface area contributed by atoms with Crippen LogP contribution in [-0.4, -0.2) is 12.6 Å². The highest BCUT2D eigenvalue weighted by molar-refractivity contribution is 5.06. The van der Waals surface area contributed by atoms with Gasteiger partial charge in [-0.25, -0.2) is 0 Å². The van der Waals surface area contributed by atoms with Crippen LogP contribution in [0.15, 0.2) is 0 Å². The minimum Gasteiger partial charge on any atom is -0.320 e. The van der Waals surface area contributed by atoms with E-state index in [9.17, 15) is 0 Å². The van der Waals surface area contributed by atoms with Gasteiger partial charge in [-0.15, -0.1) is 0 Å². The molecule has 0 aliphatic carbocycles. The van der Waals surface area contributed by atoms with Crippen molar-refractivity contribution < 1.29 is 0 Å². The Bertz CT molecular complexity index is 98.8. The van der Waals surface area contributed by atoms with Crippen molar-refractivity contribution in [2.75, 3.05) is 6.54 Å². The predicted molar refractivity (Wildman–Crippen MR) is 35.1 cm³/mol. The van der Waals surface area contributed by atoms with Crippen molar-refractivity contribution in [2.24, 2.45) is 11.5 Å². The van der Waals surface area contributed by atoms with Crippen molar-refractivity contribution in [3.05, 3.63) is 0 Å². The quantitative estimate of drug-likeness (QED) is 0.457. The Kier molecular flexibility index (Phi) is 4.33. The molecule has 0 aromatic rings. The van der Waals surface area contributed by atoms with E-state index in [2.05, 4.69) is 11.8 Å². The molecule has 0 aliphatic rings. The van der Waals surface area contributed by atoms with Gasteiger partial charge in [-0.2, -0.15) is 0 Å². The summed E-state index contributed by atoms with van der Waals surface area (Å²) in [5.41, 5.74) is 10.5. The smallest absolute Gasteiger partial charge is 0.0662 e. The van der Waals surface area contributed by atoms with Gasteiger partial charge in [0.05, 0.1) is 12.6 Å². The molecule has 46 valence electrons. The highest BCUT2D eigenvalue weighted by Crippen LogP contribution is 1.79. The zero-order chi connectivity index (χ0) is 6.41. The molecule has 0 bridgehead atoms. The average Bonchev–Trinajstić information content (AvgIpc) is 1.83. The summed E-state index contributed by atoms with van der Waals surface area (Å²) >= 11 is 0. The lowest BCUT2D eigenvalue weighted by atomic mass is 10.2. The van der Waals surface area contributed by atoms with Crippen LogP contribution in [0.4, 0.5) is 0 Å². The van der Waals surface area contributed by atoms with E-state index in [4.69, 9.17) is 11.5 Å². The molecule has 2 heteroatoms. The number of hydrogen-bond acceptors (Lipinski definition) is 2. The van der Waals surface area contributed by atoms with E-state index in [0.717, 1.165) is 6.42 Å². The third-order valence-electron chi connectivity index (χ3n) is 0.829. The molecule has 0 saturated carbocycles. The summed E-state index contributed by atoms with van der Waals surface area (Å²) in [6.45, 7) is 2.41. The average molecular weight is 112 g/mol. The minimum atomic E-state index is 0.0125. The monoisotopic (exact) mass is 112 g/mol. The first kappa shape index (κ1) is 7.48. The molecule has 0 saturated heterocycles. The van der Waals surface area contributed by atoms with Crippen LogP contribution in [0.5, 0.6) is 0 Å². The fraction of sp³-hybridized carbons (Fsp3) is 0.667. The number of nitrogens with two attached hydrogens (primary N) is 2. The Balaban J connectivity index is 3.35. The van der Waals surface area contributed by atoms with Crippen LogP contribution in [0, 0.1) is 11.8 Å². The van der Waals surface area contributed by atoms with Crippen LogP contribution in [-0.2, 0) is 0 Å². The lowest BCUT2D eigenvalue weighted by Gasteiger charge is -1.93. The van der Waals surface area contributed by atoms with Gasteiger partial charge in [0.25, 0.3) is 0 Å². The molecule has 1 atom stereocenters. The van der Waals surface area contributed by atoms with E-state index in [1.54, 1.807) is 0 Å². The maximum absolute atomic E-state index is 5.43. The topological polar surface area (TPSA) is 52.0 Å². The fourth-order valence-corrected chi connectivity index (χ4v) is 0.292. The first-order chi connectivity index (χ1) is 3.81. The molecule has 0 fully saturated rings. The van der Waals surface area contributed by atoms with Crippen molar-refractivity contribution in [3.8, 4) is 11.8 Å². The van der Waals surface area contributed by atoms with Gasteiger partial charge < -0.3 is 11.5 Å². The maximum atomic E-state index is 5.43. The predicted octanol–water partition coefficient (Wildman–Crippen LogP) is -0.314. The lowest BCUT2D eigenvalue weighted by molar-refractivity contribution is 0.805. The number of hydrogen-bond donors (Lipinski definition) is 2. The second kappa shape index (κ2) is 4.63. The van der Waals surface area contributed by atoms with Crippen LogP contribution in [0.3, 0.4) is 0 Å². The largest absolute Gasteiger partial charge is 0.320 e. The summed E-state index contributed by atoms with van der Waals surface area (Å²) in [4.78, 5) is 0. The molecule has 0 rings (SSSR count). The van der Waals surface area contributed by atoms with Gasteiger partial charge in [-0.1, -0.05) is 18.8 Å². The van der Waals surface area contributed by atoms with Gasteiger partial charge in [0, 0.05) is 0 Å². The van der Waals surface area contributed by atoms with Crippen LogP contribution in [0.1, 0.15) is 13.3 Å². The lowest BCUT2D eigenvalue weighted by Crippen LogP contribution is -2.15. The van der Waals surface area contributed by atoms with Crippen molar-refractivity contribution in [2.45, 2.75) is 19.4 Å². The Hall–Kier alpha value is -0.520.